The Morgan fingerprint density at radius 3 is 2.65 bits per heavy atom. The largest absolute Gasteiger partial charge is 0.330 e. The molecule has 0 aromatic heterocycles. The van der Waals surface area contributed by atoms with Crippen molar-refractivity contribution in [1.82, 2.24) is 0 Å². The Bertz CT molecular complexity index is 550. The van der Waals surface area contributed by atoms with Gasteiger partial charge in [-0.2, -0.15) is 11.8 Å². The third kappa shape index (κ3) is 2.91. The Hall–Kier alpha value is -0.0200. The molecule has 0 aromatic rings. The van der Waals surface area contributed by atoms with Gasteiger partial charge in [0.15, 0.2) is 0 Å². The zero-order valence-corrected chi connectivity index (χ0v) is 18.0. The van der Waals surface area contributed by atoms with Gasteiger partial charge in [-0.05, 0) is 98.7 Å². The Kier molecular flexibility index (Phi) is 5.27. The van der Waals surface area contributed by atoms with Gasteiger partial charge in [0.05, 0.1) is 0 Å². The van der Waals surface area contributed by atoms with Crippen LogP contribution in [-0.2, 0) is 4.79 Å². The SMILES string of the molecule is C[C@H]1C[C@@H]2[C@H](CC[C@]3(C)C(=O)CC[C@@H]23)[C@@]2(C)CC[C@@H](SCCCN)CC12. The molecule has 0 saturated heterocycles. The predicted molar refractivity (Wildman–Crippen MR) is 111 cm³/mol. The van der Waals surface area contributed by atoms with E-state index in [1.165, 1.54) is 50.7 Å². The molecule has 4 saturated carbocycles. The summed E-state index contributed by atoms with van der Waals surface area (Å²) >= 11 is 2.20. The van der Waals surface area contributed by atoms with E-state index in [9.17, 15) is 4.79 Å². The Balaban J connectivity index is 1.51. The molecule has 0 bridgehead atoms. The number of nitrogens with two attached hydrogens (primary N) is 1. The van der Waals surface area contributed by atoms with Crippen LogP contribution >= 0.6 is 11.8 Å². The fourth-order valence-corrected chi connectivity index (χ4v) is 9.25. The van der Waals surface area contributed by atoms with Crippen LogP contribution in [0.15, 0.2) is 0 Å². The van der Waals surface area contributed by atoms with Crippen molar-refractivity contribution in [1.29, 1.82) is 0 Å². The standard InChI is InChI=1S/C23H39NOS/c1-15-13-17-18-5-6-21(25)23(18,3)10-8-19(17)22(2)9-7-16(14-20(15)22)26-12-4-11-24/h15-20H,4-14,24H2,1-3H3/t15-,16+,17-,18-,19-,20?,22+,23-/m0/s1. The molecule has 4 aliphatic rings. The van der Waals surface area contributed by atoms with Crippen molar-refractivity contribution in [3.63, 3.8) is 0 Å². The van der Waals surface area contributed by atoms with Gasteiger partial charge < -0.3 is 5.73 Å². The average Bonchev–Trinajstić information content (AvgIpc) is 2.92. The van der Waals surface area contributed by atoms with Gasteiger partial charge in [0.2, 0.25) is 0 Å². The van der Waals surface area contributed by atoms with Crippen LogP contribution in [0.1, 0.15) is 78.6 Å². The molecule has 0 amide bonds. The monoisotopic (exact) mass is 377 g/mol. The van der Waals surface area contributed by atoms with Gasteiger partial charge in [-0.3, -0.25) is 4.79 Å². The highest BCUT2D eigenvalue weighted by Gasteiger charge is 2.61. The lowest BCUT2D eigenvalue weighted by molar-refractivity contribution is -0.144. The molecule has 0 aliphatic heterocycles. The van der Waals surface area contributed by atoms with Crippen LogP contribution in [0.5, 0.6) is 0 Å². The molecule has 148 valence electrons. The van der Waals surface area contributed by atoms with E-state index < -0.39 is 0 Å². The molecule has 1 unspecified atom stereocenters. The highest BCUT2D eigenvalue weighted by molar-refractivity contribution is 7.99. The normalized spacial score (nSPS) is 50.8. The van der Waals surface area contributed by atoms with E-state index in [1.807, 2.05) is 0 Å². The second-order valence-electron chi connectivity index (χ2n) is 10.5. The fraction of sp³-hybridized carbons (Fsp3) is 0.957. The van der Waals surface area contributed by atoms with E-state index in [4.69, 9.17) is 5.73 Å². The van der Waals surface area contributed by atoms with Crippen LogP contribution in [0.3, 0.4) is 0 Å². The van der Waals surface area contributed by atoms with Gasteiger partial charge in [-0.1, -0.05) is 20.8 Å². The minimum absolute atomic E-state index is 0.0271. The van der Waals surface area contributed by atoms with Crippen LogP contribution in [-0.4, -0.2) is 23.3 Å². The summed E-state index contributed by atoms with van der Waals surface area (Å²) in [7, 11) is 0. The second kappa shape index (κ2) is 7.10. The Morgan fingerprint density at radius 2 is 1.88 bits per heavy atom. The summed E-state index contributed by atoms with van der Waals surface area (Å²) in [5.74, 6) is 5.94. The van der Waals surface area contributed by atoms with Gasteiger partial charge in [0.1, 0.15) is 5.78 Å². The van der Waals surface area contributed by atoms with Crippen LogP contribution < -0.4 is 5.73 Å². The van der Waals surface area contributed by atoms with Gasteiger partial charge >= 0.3 is 0 Å². The zero-order chi connectivity index (χ0) is 18.5. The number of hydrogen-bond donors (Lipinski definition) is 1. The second-order valence-corrected chi connectivity index (χ2v) is 11.9. The van der Waals surface area contributed by atoms with Crippen molar-refractivity contribution in [3.05, 3.63) is 0 Å². The number of rotatable bonds is 4. The fourth-order valence-electron chi connectivity index (χ4n) is 7.95. The van der Waals surface area contributed by atoms with E-state index in [0.29, 0.717) is 17.1 Å². The van der Waals surface area contributed by atoms with E-state index >= 15 is 0 Å². The number of ketones is 1. The number of carbonyl (C=O) groups is 1. The van der Waals surface area contributed by atoms with Crippen molar-refractivity contribution < 1.29 is 4.79 Å². The summed E-state index contributed by atoms with van der Waals surface area (Å²) in [5, 5.41) is 0.862. The van der Waals surface area contributed by atoms with Crippen molar-refractivity contribution in [2.75, 3.05) is 12.3 Å². The summed E-state index contributed by atoms with van der Waals surface area (Å²) < 4.78 is 0. The van der Waals surface area contributed by atoms with Crippen LogP contribution in [0.4, 0.5) is 0 Å². The van der Waals surface area contributed by atoms with Crippen molar-refractivity contribution in [2.45, 2.75) is 83.8 Å². The number of thioether (sulfide) groups is 1. The molecule has 0 heterocycles. The molecule has 0 aromatic carbocycles. The number of hydrogen-bond acceptors (Lipinski definition) is 3. The highest BCUT2D eigenvalue weighted by atomic mass is 32.2. The molecule has 2 nitrogen and oxygen atoms in total. The third-order valence-corrected chi connectivity index (χ3v) is 10.8. The smallest absolute Gasteiger partial charge is 0.139 e. The Labute approximate surface area is 164 Å². The zero-order valence-electron chi connectivity index (χ0n) is 17.1. The first-order valence-electron chi connectivity index (χ1n) is 11.2. The predicted octanol–water partition coefficient (Wildman–Crippen LogP) is 5.29. The van der Waals surface area contributed by atoms with E-state index in [2.05, 4.69) is 32.5 Å². The maximum Gasteiger partial charge on any atom is 0.139 e. The lowest BCUT2D eigenvalue weighted by Crippen LogP contribution is -2.56. The molecule has 4 aliphatic carbocycles. The molecule has 3 heteroatoms. The molecule has 0 spiro atoms. The number of Topliss-reactive ketones (excluding diaryl/α,β-unsaturated/α-hetero) is 1. The van der Waals surface area contributed by atoms with Crippen molar-refractivity contribution in [2.24, 2.45) is 46.2 Å². The maximum absolute atomic E-state index is 12.6. The van der Waals surface area contributed by atoms with Crippen LogP contribution in [0.25, 0.3) is 0 Å². The summed E-state index contributed by atoms with van der Waals surface area (Å²) in [6, 6.07) is 0. The number of carbonyl (C=O) groups excluding carboxylic acids is 1. The molecule has 4 fully saturated rings. The quantitative estimate of drug-likeness (QED) is 0.677. The first-order valence-corrected chi connectivity index (χ1v) is 12.3. The molecule has 0 radical (unpaired) electrons. The molecular formula is C23H39NOS. The summed E-state index contributed by atoms with van der Waals surface area (Å²) in [5.41, 5.74) is 6.25. The highest BCUT2D eigenvalue weighted by Crippen LogP contribution is 2.67. The molecular weight excluding hydrogens is 338 g/mol. The van der Waals surface area contributed by atoms with E-state index in [1.54, 1.807) is 0 Å². The van der Waals surface area contributed by atoms with Gasteiger partial charge in [0.25, 0.3) is 0 Å². The summed E-state index contributed by atoms with van der Waals surface area (Å²) in [4.78, 5) is 12.6. The molecule has 8 atom stereocenters. The lowest BCUT2D eigenvalue weighted by atomic mass is 9.43. The molecule has 26 heavy (non-hydrogen) atoms. The first-order chi connectivity index (χ1) is 12.4. The van der Waals surface area contributed by atoms with Gasteiger partial charge in [-0.25, -0.2) is 0 Å². The summed E-state index contributed by atoms with van der Waals surface area (Å²) in [6.07, 6.45) is 11.3. The molecule has 2 N–H and O–H groups in total. The van der Waals surface area contributed by atoms with Gasteiger partial charge in [-0.15, -0.1) is 0 Å². The van der Waals surface area contributed by atoms with Crippen molar-refractivity contribution in [3.8, 4) is 0 Å². The third-order valence-electron chi connectivity index (χ3n) is 9.39. The van der Waals surface area contributed by atoms with Crippen LogP contribution in [0, 0.1) is 40.4 Å². The summed E-state index contributed by atoms with van der Waals surface area (Å²) in [6.45, 7) is 8.33. The minimum atomic E-state index is 0.0271. The maximum atomic E-state index is 12.6. The van der Waals surface area contributed by atoms with E-state index in [0.717, 1.165) is 48.3 Å². The minimum Gasteiger partial charge on any atom is -0.330 e. The number of fused-ring (bicyclic) bond motifs is 5. The van der Waals surface area contributed by atoms with Crippen LogP contribution in [0.2, 0.25) is 0 Å². The lowest BCUT2D eigenvalue weighted by Gasteiger charge is -2.62. The van der Waals surface area contributed by atoms with Gasteiger partial charge in [0, 0.05) is 17.1 Å². The average molecular weight is 378 g/mol. The molecule has 4 rings (SSSR count). The first kappa shape index (κ1) is 19.3. The van der Waals surface area contributed by atoms with E-state index in [-0.39, 0.29) is 5.41 Å². The topological polar surface area (TPSA) is 43.1 Å². The van der Waals surface area contributed by atoms with Crippen molar-refractivity contribution >= 4 is 17.5 Å². The Morgan fingerprint density at radius 1 is 1.08 bits per heavy atom.